The molecule has 6 nitrogen and oxygen atoms in total. The van der Waals surface area contributed by atoms with Crippen LogP contribution < -0.4 is 19.3 Å². The third-order valence-electron chi connectivity index (χ3n) is 6.10. The predicted molar refractivity (Wildman–Crippen MR) is 132 cm³/mol. The van der Waals surface area contributed by atoms with E-state index < -0.39 is 0 Å². The number of rotatable bonds is 11. The van der Waals surface area contributed by atoms with Gasteiger partial charge in [-0.05, 0) is 55.0 Å². The van der Waals surface area contributed by atoms with E-state index >= 15 is 0 Å². The van der Waals surface area contributed by atoms with Crippen molar-refractivity contribution in [3.63, 3.8) is 0 Å². The number of methoxy groups -OCH3 is 2. The van der Waals surface area contributed by atoms with Crippen LogP contribution in [0.25, 0.3) is 0 Å². The molecule has 3 amide bonds. The smallest absolute Gasteiger partial charge is 0.336 e. The topological polar surface area (TPSA) is 59.1 Å². The van der Waals surface area contributed by atoms with Crippen LogP contribution in [0.2, 0.25) is 0 Å². The molecule has 1 saturated heterocycles. The summed E-state index contributed by atoms with van der Waals surface area (Å²) in [5.41, 5.74) is 1.63. The molecule has 0 aliphatic carbocycles. The summed E-state index contributed by atoms with van der Waals surface area (Å²) in [6.07, 6.45) is 7.53. The monoisotopic (exact) mass is 450 g/mol. The summed E-state index contributed by atoms with van der Waals surface area (Å²) in [4.78, 5) is 29.9. The van der Waals surface area contributed by atoms with Crippen molar-refractivity contribution in [1.29, 1.82) is 0 Å². The Hall–Kier alpha value is -3.28. The average molecular weight is 451 g/mol. The number of nitrogens with zero attached hydrogens (tertiary/aromatic N) is 2. The molecule has 176 valence electrons. The molecule has 3 rings (SSSR count). The molecular weight excluding hydrogens is 416 g/mol. The molecule has 0 radical (unpaired) electrons. The fourth-order valence-electron chi connectivity index (χ4n) is 4.18. The summed E-state index contributed by atoms with van der Waals surface area (Å²) in [5.74, 6) is 1.01. The van der Waals surface area contributed by atoms with Gasteiger partial charge in [-0.15, -0.1) is 0 Å². The van der Waals surface area contributed by atoms with E-state index in [1.54, 1.807) is 43.4 Å². The van der Waals surface area contributed by atoms with Gasteiger partial charge in [0.1, 0.15) is 11.5 Å². The highest BCUT2D eigenvalue weighted by atomic mass is 16.5. The number of anilines is 2. The number of amides is 3. The Bertz CT molecular complexity index is 953. The summed E-state index contributed by atoms with van der Waals surface area (Å²) in [7, 11) is 3.18. The molecule has 2 aromatic rings. The van der Waals surface area contributed by atoms with Crippen LogP contribution >= 0.6 is 0 Å². The maximum absolute atomic E-state index is 13.7. The van der Waals surface area contributed by atoms with E-state index in [4.69, 9.17) is 9.47 Å². The molecule has 2 aromatic carbocycles. The highest BCUT2D eigenvalue weighted by Crippen LogP contribution is 2.34. The van der Waals surface area contributed by atoms with Gasteiger partial charge in [-0.1, -0.05) is 52.0 Å². The van der Waals surface area contributed by atoms with Gasteiger partial charge in [0.25, 0.3) is 5.91 Å². The second kappa shape index (κ2) is 11.5. The van der Waals surface area contributed by atoms with E-state index in [9.17, 15) is 9.59 Å². The molecule has 33 heavy (non-hydrogen) atoms. The lowest BCUT2D eigenvalue weighted by molar-refractivity contribution is -0.115. The van der Waals surface area contributed by atoms with Crippen molar-refractivity contribution in [2.45, 2.75) is 57.9 Å². The Morgan fingerprint density at radius 3 is 1.85 bits per heavy atom. The maximum Gasteiger partial charge on any atom is 0.336 e. The Morgan fingerprint density at radius 2 is 1.30 bits per heavy atom. The van der Waals surface area contributed by atoms with Crippen LogP contribution in [0.1, 0.15) is 51.9 Å². The molecule has 1 unspecified atom stereocenters. The van der Waals surface area contributed by atoms with Gasteiger partial charge < -0.3 is 9.47 Å². The van der Waals surface area contributed by atoms with Crippen LogP contribution in [0.3, 0.4) is 0 Å². The number of unbranched alkanes of at least 4 members (excludes halogenated alkanes) is 5. The van der Waals surface area contributed by atoms with Crippen molar-refractivity contribution in [1.82, 2.24) is 0 Å². The average Bonchev–Trinajstić information content (AvgIpc) is 2.85. The highest BCUT2D eigenvalue weighted by molar-refractivity contribution is 6.27. The Balaban J connectivity index is 1.89. The normalized spacial score (nSPS) is 16.3. The Morgan fingerprint density at radius 1 is 0.788 bits per heavy atom. The maximum atomic E-state index is 13.7. The first-order valence-corrected chi connectivity index (χ1v) is 11.7. The van der Waals surface area contributed by atoms with Crippen LogP contribution in [0.15, 0.2) is 60.7 Å². The van der Waals surface area contributed by atoms with Crippen molar-refractivity contribution in [2.24, 2.45) is 0 Å². The first-order chi connectivity index (χ1) is 16.0. The largest absolute Gasteiger partial charge is 0.497 e. The molecule has 0 bridgehead atoms. The lowest BCUT2D eigenvalue weighted by Gasteiger charge is -2.41. The Labute approximate surface area is 196 Å². The molecule has 6 heteroatoms. The number of imide groups is 1. The quantitative estimate of drug-likeness (QED) is 0.296. The molecule has 0 aromatic heterocycles. The third kappa shape index (κ3) is 5.56. The number of carbonyl (C=O) groups excluding carboxylic acids is 2. The van der Waals surface area contributed by atoms with Crippen molar-refractivity contribution >= 4 is 23.3 Å². The molecule has 1 heterocycles. The van der Waals surface area contributed by atoms with Crippen LogP contribution in [0, 0.1) is 0 Å². The number of ether oxygens (including phenoxy) is 2. The van der Waals surface area contributed by atoms with Gasteiger partial charge in [0.2, 0.25) is 0 Å². The minimum atomic E-state index is -0.376. The van der Waals surface area contributed by atoms with Gasteiger partial charge >= 0.3 is 6.03 Å². The molecule has 1 fully saturated rings. The fourth-order valence-corrected chi connectivity index (χ4v) is 4.18. The Kier molecular flexibility index (Phi) is 8.52. The van der Waals surface area contributed by atoms with E-state index in [1.165, 1.54) is 24.2 Å². The second-order valence-electron chi connectivity index (χ2n) is 8.29. The summed E-state index contributed by atoms with van der Waals surface area (Å²) in [6, 6.07) is 13.5. The molecular formula is C27H34N2O4. The highest BCUT2D eigenvalue weighted by Gasteiger charge is 2.42. The van der Waals surface area contributed by atoms with Crippen LogP contribution in [-0.2, 0) is 4.79 Å². The standard InChI is InChI=1S/C27H34N2O4/c1-5-6-7-8-9-10-11-25-20(2)26(30)29(22-14-18-24(33-4)19-15-22)27(31)28(25)21-12-16-23(32-3)17-13-21/h12-19,25H,2,5-11H2,1,3-4H3. The van der Waals surface area contributed by atoms with Gasteiger partial charge in [-0.25, -0.2) is 9.69 Å². The number of hydrogen-bond donors (Lipinski definition) is 0. The number of urea groups is 1. The van der Waals surface area contributed by atoms with Crippen LogP contribution in [0.5, 0.6) is 11.5 Å². The molecule has 0 saturated carbocycles. The van der Waals surface area contributed by atoms with E-state index in [2.05, 4.69) is 13.5 Å². The van der Waals surface area contributed by atoms with Crippen LogP contribution in [-0.4, -0.2) is 32.2 Å². The number of carbonyl (C=O) groups is 2. The molecule has 0 N–H and O–H groups in total. The summed E-state index contributed by atoms with van der Waals surface area (Å²) in [6.45, 7) is 6.32. The third-order valence-corrected chi connectivity index (χ3v) is 6.10. The van der Waals surface area contributed by atoms with E-state index in [0.717, 1.165) is 19.3 Å². The van der Waals surface area contributed by atoms with Crippen molar-refractivity contribution < 1.29 is 19.1 Å². The van der Waals surface area contributed by atoms with Crippen molar-refractivity contribution in [2.75, 3.05) is 24.0 Å². The van der Waals surface area contributed by atoms with E-state index in [-0.39, 0.29) is 18.0 Å². The van der Waals surface area contributed by atoms with Gasteiger partial charge in [0, 0.05) is 11.3 Å². The minimum absolute atomic E-state index is 0.356. The van der Waals surface area contributed by atoms with E-state index in [0.29, 0.717) is 34.9 Å². The fraction of sp³-hybridized carbons (Fsp3) is 0.407. The molecule has 1 aliphatic heterocycles. The second-order valence-corrected chi connectivity index (χ2v) is 8.29. The summed E-state index contributed by atoms with van der Waals surface area (Å²) < 4.78 is 10.5. The zero-order chi connectivity index (χ0) is 23.8. The van der Waals surface area contributed by atoms with Crippen LogP contribution in [0.4, 0.5) is 16.2 Å². The molecule has 1 aliphatic rings. The van der Waals surface area contributed by atoms with Gasteiger partial charge in [-0.3, -0.25) is 9.69 Å². The number of benzene rings is 2. The SMILES string of the molecule is C=C1C(=O)N(c2ccc(OC)cc2)C(=O)N(c2ccc(OC)cc2)C1CCCCCCCC. The van der Waals surface area contributed by atoms with E-state index in [1.807, 2.05) is 24.3 Å². The van der Waals surface area contributed by atoms with Gasteiger partial charge in [0.15, 0.2) is 0 Å². The molecule has 1 atom stereocenters. The predicted octanol–water partition coefficient (Wildman–Crippen LogP) is 6.35. The molecule has 0 spiro atoms. The summed E-state index contributed by atoms with van der Waals surface area (Å²) in [5, 5.41) is 0. The summed E-state index contributed by atoms with van der Waals surface area (Å²) >= 11 is 0. The number of hydrogen-bond acceptors (Lipinski definition) is 4. The minimum Gasteiger partial charge on any atom is -0.497 e. The zero-order valence-electron chi connectivity index (χ0n) is 19.9. The zero-order valence-corrected chi connectivity index (χ0v) is 19.9. The lowest BCUT2D eigenvalue weighted by atomic mass is 9.95. The first-order valence-electron chi connectivity index (χ1n) is 11.7. The van der Waals surface area contributed by atoms with Gasteiger partial charge in [0.05, 0.1) is 25.9 Å². The lowest BCUT2D eigenvalue weighted by Crippen LogP contribution is -2.58. The van der Waals surface area contributed by atoms with Crippen molar-refractivity contribution in [3.05, 3.63) is 60.7 Å². The first kappa shape index (κ1) is 24.4. The van der Waals surface area contributed by atoms with Crippen molar-refractivity contribution in [3.8, 4) is 11.5 Å². The van der Waals surface area contributed by atoms with Gasteiger partial charge in [-0.2, -0.15) is 0 Å².